The highest BCUT2D eigenvalue weighted by atomic mass is 16.2. The van der Waals surface area contributed by atoms with E-state index in [1.165, 1.54) is 24.8 Å². The average molecular weight is 272 g/mol. The number of amides is 1. The fourth-order valence-electron chi connectivity index (χ4n) is 2.63. The van der Waals surface area contributed by atoms with Crippen LogP contribution in [0.25, 0.3) is 0 Å². The Labute approximate surface area is 121 Å². The van der Waals surface area contributed by atoms with Gasteiger partial charge in [-0.3, -0.25) is 4.79 Å². The predicted octanol–water partition coefficient (Wildman–Crippen LogP) is 3.69. The van der Waals surface area contributed by atoms with Gasteiger partial charge in [0, 0.05) is 12.1 Å². The summed E-state index contributed by atoms with van der Waals surface area (Å²) in [5, 5.41) is 4.28. The number of nitrogens with zero attached hydrogens (tertiary/aromatic N) is 1. The number of benzene rings is 1. The van der Waals surface area contributed by atoms with Gasteiger partial charge in [-0.2, -0.15) is 5.10 Å². The number of nitrogens with one attached hydrogen (secondary N) is 1. The molecule has 1 aliphatic rings. The van der Waals surface area contributed by atoms with E-state index in [4.69, 9.17) is 0 Å². The van der Waals surface area contributed by atoms with Gasteiger partial charge >= 0.3 is 0 Å². The summed E-state index contributed by atoms with van der Waals surface area (Å²) < 4.78 is 0. The van der Waals surface area contributed by atoms with Crippen molar-refractivity contribution in [1.29, 1.82) is 0 Å². The summed E-state index contributed by atoms with van der Waals surface area (Å²) in [7, 11) is 0. The SMILES string of the molecule is CCC1CCC(=NNC(=O)CCc2ccccc2)CC1. The fourth-order valence-corrected chi connectivity index (χ4v) is 2.63. The van der Waals surface area contributed by atoms with Crippen molar-refractivity contribution in [2.75, 3.05) is 0 Å². The van der Waals surface area contributed by atoms with Crippen LogP contribution in [-0.2, 0) is 11.2 Å². The van der Waals surface area contributed by atoms with Gasteiger partial charge in [0.05, 0.1) is 0 Å². The quantitative estimate of drug-likeness (QED) is 0.816. The number of rotatable bonds is 5. The second kappa shape index (κ2) is 7.83. The van der Waals surface area contributed by atoms with E-state index >= 15 is 0 Å². The molecule has 1 N–H and O–H groups in total. The molecule has 1 amide bonds. The van der Waals surface area contributed by atoms with E-state index in [0.29, 0.717) is 6.42 Å². The minimum atomic E-state index is 0.0129. The maximum atomic E-state index is 11.8. The van der Waals surface area contributed by atoms with Gasteiger partial charge < -0.3 is 0 Å². The zero-order valence-corrected chi connectivity index (χ0v) is 12.3. The van der Waals surface area contributed by atoms with Crippen molar-refractivity contribution in [1.82, 2.24) is 5.43 Å². The number of carbonyl (C=O) groups is 1. The van der Waals surface area contributed by atoms with Gasteiger partial charge in [-0.1, -0.05) is 43.7 Å². The maximum absolute atomic E-state index is 11.8. The largest absolute Gasteiger partial charge is 0.273 e. The molecule has 0 heterocycles. The van der Waals surface area contributed by atoms with Gasteiger partial charge in [-0.25, -0.2) is 5.43 Å². The number of aryl methyl sites for hydroxylation is 1. The Kier molecular flexibility index (Phi) is 5.78. The van der Waals surface area contributed by atoms with Crippen molar-refractivity contribution in [3.63, 3.8) is 0 Å². The third-order valence-corrected chi connectivity index (χ3v) is 4.08. The third-order valence-electron chi connectivity index (χ3n) is 4.08. The van der Waals surface area contributed by atoms with Crippen molar-refractivity contribution < 1.29 is 4.79 Å². The first-order valence-corrected chi connectivity index (χ1v) is 7.66. The van der Waals surface area contributed by atoms with Crippen LogP contribution in [0.15, 0.2) is 35.4 Å². The fraction of sp³-hybridized carbons (Fsp3) is 0.529. The lowest BCUT2D eigenvalue weighted by molar-refractivity contribution is -0.121. The van der Waals surface area contributed by atoms with Crippen molar-refractivity contribution in [3.05, 3.63) is 35.9 Å². The molecule has 108 valence electrons. The minimum absolute atomic E-state index is 0.0129. The Morgan fingerprint density at radius 2 is 1.95 bits per heavy atom. The zero-order chi connectivity index (χ0) is 14.2. The molecule has 1 saturated carbocycles. The molecular formula is C17H24N2O. The molecule has 3 nitrogen and oxygen atoms in total. The molecule has 1 aromatic rings. The Morgan fingerprint density at radius 3 is 2.60 bits per heavy atom. The van der Waals surface area contributed by atoms with E-state index in [0.717, 1.165) is 30.9 Å². The molecule has 0 unspecified atom stereocenters. The normalized spacial score (nSPS) is 18.6. The average Bonchev–Trinajstić information content (AvgIpc) is 2.52. The van der Waals surface area contributed by atoms with Crippen LogP contribution in [0.3, 0.4) is 0 Å². The van der Waals surface area contributed by atoms with Gasteiger partial charge in [0.1, 0.15) is 0 Å². The van der Waals surface area contributed by atoms with Crippen LogP contribution < -0.4 is 5.43 Å². The molecule has 0 aromatic heterocycles. The van der Waals surface area contributed by atoms with Gasteiger partial charge in [0.25, 0.3) is 0 Å². The minimum Gasteiger partial charge on any atom is -0.273 e. The van der Waals surface area contributed by atoms with Gasteiger partial charge in [-0.05, 0) is 43.6 Å². The van der Waals surface area contributed by atoms with Crippen LogP contribution in [0.5, 0.6) is 0 Å². The van der Waals surface area contributed by atoms with Crippen LogP contribution >= 0.6 is 0 Å². The van der Waals surface area contributed by atoms with Crippen LogP contribution in [0, 0.1) is 5.92 Å². The number of hydrazone groups is 1. The van der Waals surface area contributed by atoms with E-state index in [1.807, 2.05) is 30.3 Å². The van der Waals surface area contributed by atoms with Gasteiger partial charge in [-0.15, -0.1) is 0 Å². The lowest BCUT2D eigenvalue weighted by Gasteiger charge is -2.21. The van der Waals surface area contributed by atoms with E-state index in [9.17, 15) is 4.79 Å². The first kappa shape index (κ1) is 14.8. The predicted molar refractivity (Wildman–Crippen MR) is 82.6 cm³/mol. The first-order chi connectivity index (χ1) is 9.78. The maximum Gasteiger partial charge on any atom is 0.240 e. The number of hydrogen-bond donors (Lipinski definition) is 1. The van der Waals surface area contributed by atoms with Crippen molar-refractivity contribution in [2.45, 2.75) is 51.9 Å². The molecule has 1 fully saturated rings. The Hall–Kier alpha value is -1.64. The summed E-state index contributed by atoms with van der Waals surface area (Å²) in [6.45, 7) is 2.25. The topological polar surface area (TPSA) is 41.5 Å². The van der Waals surface area contributed by atoms with Gasteiger partial charge in [0.15, 0.2) is 0 Å². The van der Waals surface area contributed by atoms with E-state index < -0.39 is 0 Å². The van der Waals surface area contributed by atoms with E-state index in [2.05, 4.69) is 17.5 Å². The van der Waals surface area contributed by atoms with Crippen molar-refractivity contribution in [3.8, 4) is 0 Å². The highest BCUT2D eigenvalue weighted by molar-refractivity contribution is 5.86. The lowest BCUT2D eigenvalue weighted by atomic mass is 9.86. The molecule has 0 aliphatic heterocycles. The van der Waals surface area contributed by atoms with Crippen molar-refractivity contribution >= 4 is 11.6 Å². The molecule has 1 aliphatic carbocycles. The van der Waals surface area contributed by atoms with E-state index in [-0.39, 0.29) is 5.91 Å². The monoisotopic (exact) mass is 272 g/mol. The first-order valence-electron chi connectivity index (χ1n) is 7.66. The summed E-state index contributed by atoms with van der Waals surface area (Å²) >= 11 is 0. The molecule has 0 bridgehead atoms. The highest BCUT2D eigenvalue weighted by Crippen LogP contribution is 2.24. The molecule has 20 heavy (non-hydrogen) atoms. The highest BCUT2D eigenvalue weighted by Gasteiger charge is 2.16. The Balaban J connectivity index is 1.70. The van der Waals surface area contributed by atoms with Crippen molar-refractivity contribution in [2.24, 2.45) is 11.0 Å². The molecule has 2 rings (SSSR count). The molecular weight excluding hydrogens is 248 g/mol. The Bertz CT molecular complexity index is 443. The second-order valence-electron chi connectivity index (χ2n) is 5.55. The Morgan fingerprint density at radius 1 is 1.25 bits per heavy atom. The summed E-state index contributed by atoms with van der Waals surface area (Å²) in [6.07, 6.45) is 7.05. The van der Waals surface area contributed by atoms with Crippen LogP contribution in [0.1, 0.15) is 51.0 Å². The summed E-state index contributed by atoms with van der Waals surface area (Å²) in [6, 6.07) is 10.1. The summed E-state index contributed by atoms with van der Waals surface area (Å²) in [5.74, 6) is 0.863. The van der Waals surface area contributed by atoms with Crippen LogP contribution in [0.4, 0.5) is 0 Å². The zero-order valence-electron chi connectivity index (χ0n) is 12.3. The smallest absolute Gasteiger partial charge is 0.240 e. The standard InChI is InChI=1S/C17H24N2O/c1-2-14-8-11-16(12-9-14)18-19-17(20)13-10-15-6-4-3-5-7-15/h3-7,14H,2,8-13H2,1H3,(H,19,20). The van der Waals surface area contributed by atoms with Gasteiger partial charge in [0.2, 0.25) is 5.91 Å². The number of carbonyl (C=O) groups excluding carboxylic acids is 1. The lowest BCUT2D eigenvalue weighted by Crippen LogP contribution is -2.22. The summed E-state index contributed by atoms with van der Waals surface area (Å²) in [4.78, 5) is 11.8. The van der Waals surface area contributed by atoms with Crippen LogP contribution in [-0.4, -0.2) is 11.6 Å². The molecule has 1 aromatic carbocycles. The third kappa shape index (κ3) is 4.80. The van der Waals surface area contributed by atoms with E-state index in [1.54, 1.807) is 0 Å². The van der Waals surface area contributed by atoms with Crippen LogP contribution in [0.2, 0.25) is 0 Å². The number of hydrogen-bond acceptors (Lipinski definition) is 2. The molecule has 3 heteroatoms. The molecule has 0 atom stereocenters. The molecule has 0 saturated heterocycles. The molecule has 0 spiro atoms. The second-order valence-corrected chi connectivity index (χ2v) is 5.55. The molecule has 0 radical (unpaired) electrons. The summed E-state index contributed by atoms with van der Waals surface area (Å²) in [5.41, 5.74) is 5.05.